The summed E-state index contributed by atoms with van der Waals surface area (Å²) < 4.78 is 37.9. The molecule has 2 nitrogen and oxygen atoms in total. The van der Waals surface area contributed by atoms with E-state index in [9.17, 15) is 13.2 Å². The van der Waals surface area contributed by atoms with E-state index in [0.717, 1.165) is 31.8 Å². The third-order valence-corrected chi connectivity index (χ3v) is 3.59. The fourth-order valence-corrected chi connectivity index (χ4v) is 2.24. The lowest BCUT2D eigenvalue weighted by Gasteiger charge is -2.19. The molecule has 19 heavy (non-hydrogen) atoms. The van der Waals surface area contributed by atoms with Crippen LogP contribution in [0.15, 0.2) is 22.7 Å². The molecule has 0 spiro atoms. The summed E-state index contributed by atoms with van der Waals surface area (Å²) in [5.74, 6) is 0. The van der Waals surface area contributed by atoms with Crippen molar-refractivity contribution >= 4 is 21.6 Å². The number of anilines is 1. The highest BCUT2D eigenvalue weighted by Gasteiger charge is 2.30. The van der Waals surface area contributed by atoms with Gasteiger partial charge < -0.3 is 10.2 Å². The first kappa shape index (κ1) is 16.3. The molecule has 0 radical (unpaired) electrons. The first-order valence-corrected chi connectivity index (χ1v) is 7.00. The zero-order chi connectivity index (χ0) is 14.5. The van der Waals surface area contributed by atoms with Crippen molar-refractivity contribution in [3.63, 3.8) is 0 Å². The smallest absolute Gasteiger partial charge is 0.383 e. The third-order valence-electron chi connectivity index (χ3n) is 2.93. The van der Waals surface area contributed by atoms with E-state index < -0.39 is 11.7 Å². The maximum atomic E-state index is 12.5. The minimum absolute atomic E-state index is 0.432. The van der Waals surface area contributed by atoms with Crippen LogP contribution in [0.25, 0.3) is 0 Å². The Morgan fingerprint density at radius 1 is 1.21 bits per heavy atom. The van der Waals surface area contributed by atoms with Gasteiger partial charge in [-0.25, -0.2) is 0 Å². The number of alkyl halides is 3. The summed E-state index contributed by atoms with van der Waals surface area (Å²) in [6.45, 7) is 7.65. The van der Waals surface area contributed by atoms with Crippen molar-refractivity contribution in [3.8, 4) is 0 Å². The second-order valence-corrected chi connectivity index (χ2v) is 5.00. The predicted molar refractivity (Wildman–Crippen MR) is 75.4 cm³/mol. The van der Waals surface area contributed by atoms with E-state index in [-0.39, 0.29) is 0 Å². The summed E-state index contributed by atoms with van der Waals surface area (Å²) in [6, 6.07) is 3.64. The quantitative estimate of drug-likeness (QED) is 0.835. The fourth-order valence-electron chi connectivity index (χ4n) is 1.72. The summed E-state index contributed by atoms with van der Waals surface area (Å²) in [4.78, 5) is 2.24. The van der Waals surface area contributed by atoms with Crippen LogP contribution in [-0.2, 0) is 6.18 Å². The molecule has 0 unspecified atom stereocenters. The molecular weight excluding hydrogens is 321 g/mol. The van der Waals surface area contributed by atoms with Crippen molar-refractivity contribution in [2.75, 3.05) is 31.5 Å². The van der Waals surface area contributed by atoms with Crippen LogP contribution < -0.4 is 5.32 Å². The van der Waals surface area contributed by atoms with Crippen LogP contribution in [0.4, 0.5) is 18.9 Å². The van der Waals surface area contributed by atoms with Gasteiger partial charge in [0.2, 0.25) is 0 Å². The number of hydrogen-bond donors (Lipinski definition) is 1. The van der Waals surface area contributed by atoms with Gasteiger partial charge in [-0.3, -0.25) is 0 Å². The van der Waals surface area contributed by atoms with Crippen LogP contribution in [0.2, 0.25) is 0 Å². The second-order valence-electron chi connectivity index (χ2n) is 4.15. The summed E-state index contributed by atoms with van der Waals surface area (Å²) in [7, 11) is 0. The van der Waals surface area contributed by atoms with Crippen LogP contribution in [0, 0.1) is 0 Å². The van der Waals surface area contributed by atoms with Gasteiger partial charge >= 0.3 is 6.18 Å². The van der Waals surface area contributed by atoms with Crippen LogP contribution in [0.5, 0.6) is 0 Å². The van der Waals surface area contributed by atoms with Gasteiger partial charge in [0.05, 0.1) is 5.56 Å². The highest BCUT2D eigenvalue weighted by Crippen LogP contribution is 2.33. The molecular formula is C13H18BrF3N2. The third kappa shape index (κ3) is 5.03. The van der Waals surface area contributed by atoms with Gasteiger partial charge in [-0.2, -0.15) is 13.2 Å². The highest BCUT2D eigenvalue weighted by atomic mass is 79.9. The number of hydrogen-bond acceptors (Lipinski definition) is 2. The molecule has 0 aromatic heterocycles. The standard InChI is InChI=1S/C13H18BrF3N2/c1-3-19(4-2)8-7-18-12-6-5-10(9-11(12)14)13(15,16)17/h5-6,9,18H,3-4,7-8H2,1-2H3. The molecule has 1 rings (SSSR count). The van der Waals surface area contributed by atoms with Crippen molar-refractivity contribution in [2.24, 2.45) is 0 Å². The Morgan fingerprint density at radius 2 is 1.84 bits per heavy atom. The van der Waals surface area contributed by atoms with E-state index in [1.165, 1.54) is 6.07 Å². The lowest BCUT2D eigenvalue weighted by Crippen LogP contribution is -2.28. The molecule has 0 atom stereocenters. The molecule has 0 bridgehead atoms. The molecule has 0 fully saturated rings. The summed E-state index contributed by atoms with van der Waals surface area (Å²) in [5.41, 5.74) is 0.0359. The SMILES string of the molecule is CCN(CC)CCNc1ccc(C(F)(F)F)cc1Br. The average Bonchev–Trinajstić information content (AvgIpc) is 2.35. The van der Waals surface area contributed by atoms with Gasteiger partial charge in [-0.1, -0.05) is 13.8 Å². The molecule has 0 aliphatic rings. The first-order chi connectivity index (χ1) is 8.88. The fraction of sp³-hybridized carbons (Fsp3) is 0.538. The maximum absolute atomic E-state index is 12.5. The Kier molecular flexibility index (Phi) is 6.13. The van der Waals surface area contributed by atoms with Gasteiger partial charge in [-0.15, -0.1) is 0 Å². The molecule has 108 valence electrons. The van der Waals surface area contributed by atoms with Crippen molar-refractivity contribution < 1.29 is 13.2 Å². The van der Waals surface area contributed by atoms with E-state index in [1.54, 1.807) is 0 Å². The molecule has 1 aromatic carbocycles. The van der Waals surface area contributed by atoms with Crippen molar-refractivity contribution in [3.05, 3.63) is 28.2 Å². The van der Waals surface area contributed by atoms with E-state index in [1.807, 2.05) is 0 Å². The van der Waals surface area contributed by atoms with E-state index >= 15 is 0 Å². The second kappa shape index (κ2) is 7.14. The van der Waals surface area contributed by atoms with Gasteiger partial charge in [-0.05, 0) is 47.2 Å². The van der Waals surface area contributed by atoms with E-state index in [0.29, 0.717) is 16.7 Å². The minimum Gasteiger partial charge on any atom is -0.383 e. The van der Waals surface area contributed by atoms with E-state index in [2.05, 4.69) is 40.0 Å². The summed E-state index contributed by atoms with van der Waals surface area (Å²) in [6.07, 6.45) is -4.30. The Morgan fingerprint density at radius 3 is 2.32 bits per heavy atom. The van der Waals surface area contributed by atoms with Crippen LogP contribution in [0.3, 0.4) is 0 Å². The number of nitrogens with zero attached hydrogens (tertiary/aromatic N) is 1. The molecule has 0 aliphatic carbocycles. The number of benzene rings is 1. The van der Waals surface area contributed by atoms with Crippen LogP contribution in [0.1, 0.15) is 19.4 Å². The molecule has 0 heterocycles. The largest absolute Gasteiger partial charge is 0.416 e. The zero-order valence-electron chi connectivity index (χ0n) is 11.0. The number of rotatable bonds is 6. The average molecular weight is 339 g/mol. The van der Waals surface area contributed by atoms with Gasteiger partial charge in [0.15, 0.2) is 0 Å². The molecule has 1 aromatic rings. The molecule has 6 heteroatoms. The van der Waals surface area contributed by atoms with Gasteiger partial charge in [0, 0.05) is 23.2 Å². The monoisotopic (exact) mass is 338 g/mol. The number of nitrogens with one attached hydrogen (secondary N) is 1. The Hall–Kier alpha value is -0.750. The van der Waals surface area contributed by atoms with Gasteiger partial charge in [0.1, 0.15) is 0 Å². The van der Waals surface area contributed by atoms with E-state index in [4.69, 9.17) is 0 Å². The first-order valence-electron chi connectivity index (χ1n) is 6.21. The van der Waals surface area contributed by atoms with Crippen molar-refractivity contribution in [2.45, 2.75) is 20.0 Å². The van der Waals surface area contributed by atoms with Crippen LogP contribution in [-0.4, -0.2) is 31.1 Å². The molecule has 0 saturated heterocycles. The zero-order valence-corrected chi connectivity index (χ0v) is 12.6. The summed E-state index contributed by atoms with van der Waals surface area (Å²) >= 11 is 3.16. The number of halogens is 4. The Labute approximate surface area is 120 Å². The normalized spacial score (nSPS) is 11.9. The Balaban J connectivity index is 2.61. The van der Waals surface area contributed by atoms with Crippen LogP contribution >= 0.6 is 15.9 Å². The minimum atomic E-state index is -4.30. The number of likely N-dealkylation sites (N-methyl/N-ethyl adjacent to an activating group) is 1. The summed E-state index contributed by atoms with van der Waals surface area (Å²) in [5, 5.41) is 3.13. The molecule has 0 aliphatic heterocycles. The highest BCUT2D eigenvalue weighted by molar-refractivity contribution is 9.10. The maximum Gasteiger partial charge on any atom is 0.416 e. The lowest BCUT2D eigenvalue weighted by molar-refractivity contribution is -0.137. The van der Waals surface area contributed by atoms with Crippen molar-refractivity contribution in [1.82, 2.24) is 4.90 Å². The Bertz CT molecular complexity index is 403. The molecule has 0 amide bonds. The van der Waals surface area contributed by atoms with Crippen molar-refractivity contribution in [1.29, 1.82) is 0 Å². The lowest BCUT2D eigenvalue weighted by atomic mass is 10.2. The van der Waals surface area contributed by atoms with Gasteiger partial charge in [0.25, 0.3) is 0 Å². The molecule has 1 N–H and O–H groups in total. The predicted octanol–water partition coefficient (Wildman–Crippen LogP) is 4.22. The topological polar surface area (TPSA) is 15.3 Å². The molecule has 0 saturated carbocycles.